The molecule has 0 fully saturated rings. The molecule has 1 N–H and O–H groups in total. The van der Waals surface area contributed by atoms with Crippen molar-refractivity contribution in [1.29, 1.82) is 0 Å². The van der Waals surface area contributed by atoms with Crippen molar-refractivity contribution in [2.24, 2.45) is 0 Å². The highest BCUT2D eigenvalue weighted by atomic mass is 32.2. The number of benzene rings is 1. The number of hydrogen-bond donors (Lipinski definition) is 1. The fourth-order valence-electron chi connectivity index (χ4n) is 1.32. The van der Waals surface area contributed by atoms with E-state index in [1.165, 1.54) is 11.8 Å². The van der Waals surface area contributed by atoms with Crippen LogP contribution in [0.4, 0.5) is 0 Å². The zero-order valence-corrected chi connectivity index (χ0v) is 11.0. The van der Waals surface area contributed by atoms with E-state index in [2.05, 4.69) is 15.2 Å². The van der Waals surface area contributed by atoms with Crippen LogP contribution in [0.5, 0.6) is 5.75 Å². The van der Waals surface area contributed by atoms with Crippen molar-refractivity contribution in [2.45, 2.75) is 17.8 Å². The molecule has 2 rings (SSSR count). The Morgan fingerprint density at radius 3 is 2.61 bits per heavy atom. The third-order valence-corrected chi connectivity index (χ3v) is 3.31. The first-order valence-corrected chi connectivity index (χ1v) is 6.37. The van der Waals surface area contributed by atoms with Crippen LogP contribution in [-0.2, 0) is 5.75 Å². The summed E-state index contributed by atoms with van der Waals surface area (Å²) in [5, 5.41) is 8.23. The molecular weight excluding hydrogens is 250 g/mol. The van der Waals surface area contributed by atoms with Gasteiger partial charge in [0.25, 0.3) is 5.56 Å². The molecule has 0 unspecified atom stereocenters. The van der Waals surface area contributed by atoms with Gasteiger partial charge in [-0.05, 0) is 24.6 Å². The minimum Gasteiger partial charge on any atom is -0.497 e. The van der Waals surface area contributed by atoms with E-state index in [9.17, 15) is 4.79 Å². The van der Waals surface area contributed by atoms with Crippen LogP contribution in [-0.4, -0.2) is 22.3 Å². The Kier molecular flexibility index (Phi) is 3.99. The van der Waals surface area contributed by atoms with Gasteiger partial charge in [0.15, 0.2) is 5.16 Å². The molecule has 1 aromatic carbocycles. The average molecular weight is 263 g/mol. The predicted octanol–water partition coefficient (Wildman–Crippen LogP) is 1.77. The maximum Gasteiger partial charge on any atom is 0.273 e. The molecule has 0 saturated heterocycles. The molecule has 0 bridgehead atoms. The first-order chi connectivity index (χ1) is 8.69. The van der Waals surface area contributed by atoms with Gasteiger partial charge in [0.1, 0.15) is 11.4 Å². The van der Waals surface area contributed by atoms with Crippen LogP contribution < -0.4 is 10.3 Å². The maximum absolute atomic E-state index is 11.3. The Balaban J connectivity index is 2.02. The molecule has 0 aliphatic carbocycles. The number of nitrogens with zero attached hydrogens (tertiary/aromatic N) is 2. The molecule has 5 nitrogen and oxygen atoms in total. The summed E-state index contributed by atoms with van der Waals surface area (Å²) in [6.45, 7) is 1.63. The zero-order chi connectivity index (χ0) is 13.0. The second-order valence-electron chi connectivity index (χ2n) is 3.68. The lowest BCUT2D eigenvalue weighted by Crippen LogP contribution is -2.14. The number of ether oxygens (including phenoxy) is 1. The third-order valence-electron chi connectivity index (χ3n) is 2.37. The standard InChI is InChI=1S/C12H13N3O2S/c1-8-11(16)13-12(15-14-8)18-7-9-3-5-10(17-2)6-4-9/h3-6H,7H2,1-2H3,(H,13,15,16). The number of aromatic nitrogens is 3. The first kappa shape index (κ1) is 12.6. The van der Waals surface area contributed by atoms with Crippen LogP contribution in [0.2, 0.25) is 0 Å². The molecule has 0 aliphatic rings. The van der Waals surface area contributed by atoms with E-state index >= 15 is 0 Å². The Hall–Kier alpha value is -1.82. The summed E-state index contributed by atoms with van der Waals surface area (Å²) in [6.07, 6.45) is 0. The highest BCUT2D eigenvalue weighted by Gasteiger charge is 2.02. The third kappa shape index (κ3) is 3.10. The van der Waals surface area contributed by atoms with Gasteiger partial charge in [-0.1, -0.05) is 23.9 Å². The van der Waals surface area contributed by atoms with Crippen molar-refractivity contribution in [3.8, 4) is 5.75 Å². The van der Waals surface area contributed by atoms with Gasteiger partial charge in [-0.15, -0.1) is 10.2 Å². The van der Waals surface area contributed by atoms with E-state index in [4.69, 9.17) is 4.74 Å². The van der Waals surface area contributed by atoms with E-state index in [0.29, 0.717) is 10.9 Å². The summed E-state index contributed by atoms with van der Waals surface area (Å²) in [6, 6.07) is 7.76. The van der Waals surface area contributed by atoms with Crippen molar-refractivity contribution < 1.29 is 4.74 Å². The molecule has 18 heavy (non-hydrogen) atoms. The molecule has 0 aliphatic heterocycles. The SMILES string of the molecule is COc1ccc(CSc2nnc(C)c(=O)[nH]2)cc1. The molecule has 1 aromatic heterocycles. The number of aryl methyl sites for hydroxylation is 1. The number of hydrogen-bond acceptors (Lipinski definition) is 5. The van der Waals surface area contributed by atoms with Gasteiger partial charge in [-0.3, -0.25) is 9.78 Å². The fourth-order valence-corrected chi connectivity index (χ4v) is 2.08. The van der Waals surface area contributed by atoms with E-state index in [-0.39, 0.29) is 5.56 Å². The molecule has 0 radical (unpaired) electrons. The topological polar surface area (TPSA) is 67.9 Å². The zero-order valence-electron chi connectivity index (χ0n) is 10.1. The van der Waals surface area contributed by atoms with Crippen LogP contribution >= 0.6 is 11.8 Å². The van der Waals surface area contributed by atoms with E-state index < -0.39 is 0 Å². The van der Waals surface area contributed by atoms with E-state index in [0.717, 1.165) is 17.1 Å². The van der Waals surface area contributed by atoms with Gasteiger partial charge < -0.3 is 4.74 Å². The molecule has 0 atom stereocenters. The summed E-state index contributed by atoms with van der Waals surface area (Å²) < 4.78 is 5.08. The van der Waals surface area contributed by atoms with Crippen LogP contribution in [0, 0.1) is 6.92 Å². The monoisotopic (exact) mass is 263 g/mol. The average Bonchev–Trinajstić information content (AvgIpc) is 2.41. The summed E-state index contributed by atoms with van der Waals surface area (Å²) in [5.41, 5.74) is 1.31. The van der Waals surface area contributed by atoms with Crippen molar-refractivity contribution >= 4 is 11.8 Å². The Labute approximate surface area is 109 Å². The lowest BCUT2D eigenvalue weighted by Gasteiger charge is -2.03. The summed E-state index contributed by atoms with van der Waals surface area (Å²) >= 11 is 1.44. The van der Waals surface area contributed by atoms with Crippen LogP contribution in [0.15, 0.2) is 34.2 Å². The Bertz CT molecular complexity index is 581. The normalized spacial score (nSPS) is 10.3. The van der Waals surface area contributed by atoms with Gasteiger partial charge >= 0.3 is 0 Å². The molecule has 0 amide bonds. The Morgan fingerprint density at radius 1 is 1.28 bits per heavy atom. The smallest absolute Gasteiger partial charge is 0.273 e. The van der Waals surface area contributed by atoms with E-state index in [1.807, 2.05) is 24.3 Å². The van der Waals surface area contributed by atoms with Crippen molar-refractivity contribution in [2.75, 3.05) is 7.11 Å². The number of rotatable bonds is 4. The van der Waals surface area contributed by atoms with Crippen LogP contribution in [0.25, 0.3) is 0 Å². The summed E-state index contributed by atoms with van der Waals surface area (Å²) in [5.74, 6) is 1.55. The number of methoxy groups -OCH3 is 1. The second kappa shape index (κ2) is 5.68. The molecule has 2 aromatic rings. The minimum absolute atomic E-state index is 0.192. The predicted molar refractivity (Wildman–Crippen MR) is 69.9 cm³/mol. The molecule has 0 saturated carbocycles. The number of thioether (sulfide) groups is 1. The minimum atomic E-state index is -0.192. The largest absolute Gasteiger partial charge is 0.497 e. The van der Waals surface area contributed by atoms with Gasteiger partial charge in [0, 0.05) is 5.75 Å². The lowest BCUT2D eigenvalue weighted by atomic mass is 10.2. The van der Waals surface area contributed by atoms with Crippen molar-refractivity contribution in [1.82, 2.24) is 15.2 Å². The summed E-state index contributed by atoms with van der Waals surface area (Å²) in [7, 11) is 1.64. The maximum atomic E-state index is 11.3. The van der Waals surface area contributed by atoms with Crippen molar-refractivity contribution in [3.05, 3.63) is 45.9 Å². The highest BCUT2D eigenvalue weighted by molar-refractivity contribution is 7.98. The molecular formula is C12H13N3O2S. The molecule has 6 heteroatoms. The van der Waals surface area contributed by atoms with Gasteiger partial charge in [0.05, 0.1) is 7.11 Å². The molecule has 0 spiro atoms. The quantitative estimate of drug-likeness (QED) is 0.851. The van der Waals surface area contributed by atoms with Crippen LogP contribution in [0.1, 0.15) is 11.3 Å². The second-order valence-corrected chi connectivity index (χ2v) is 4.65. The number of nitrogens with one attached hydrogen (secondary N) is 1. The van der Waals surface area contributed by atoms with Gasteiger partial charge in [-0.2, -0.15) is 0 Å². The summed E-state index contributed by atoms with van der Waals surface area (Å²) in [4.78, 5) is 14.0. The molecule has 1 heterocycles. The number of H-pyrrole nitrogens is 1. The Morgan fingerprint density at radius 2 is 2.00 bits per heavy atom. The highest BCUT2D eigenvalue weighted by Crippen LogP contribution is 2.19. The molecule has 94 valence electrons. The van der Waals surface area contributed by atoms with Crippen molar-refractivity contribution in [3.63, 3.8) is 0 Å². The van der Waals surface area contributed by atoms with E-state index in [1.54, 1.807) is 14.0 Å². The fraction of sp³-hybridized carbons (Fsp3) is 0.250. The first-order valence-electron chi connectivity index (χ1n) is 5.38. The van der Waals surface area contributed by atoms with Crippen LogP contribution in [0.3, 0.4) is 0 Å². The number of aromatic amines is 1. The lowest BCUT2D eigenvalue weighted by molar-refractivity contribution is 0.414. The van der Waals surface area contributed by atoms with Gasteiger partial charge in [0.2, 0.25) is 0 Å². The van der Waals surface area contributed by atoms with Gasteiger partial charge in [-0.25, -0.2) is 0 Å².